The molecule has 2 nitrogen and oxygen atoms in total. The zero-order chi connectivity index (χ0) is 13.3. The molecule has 0 heterocycles. The standard InChI is InChI=1S/C13H19NO.C2H6/c1-4-13(15)9-11-7-5-6-8-12(11)10-14(2)3;1-2/h5-8H,4,9-10H2,1-3H3;1-2H3. The van der Waals surface area contributed by atoms with E-state index >= 15 is 0 Å². The monoisotopic (exact) mass is 235 g/mol. The lowest BCUT2D eigenvalue weighted by Crippen LogP contribution is -2.13. The Morgan fingerprint density at radius 2 is 1.65 bits per heavy atom. The van der Waals surface area contributed by atoms with Crippen molar-refractivity contribution in [2.45, 2.75) is 40.2 Å². The summed E-state index contributed by atoms with van der Waals surface area (Å²) in [6.07, 6.45) is 1.19. The maximum Gasteiger partial charge on any atom is 0.137 e. The minimum Gasteiger partial charge on any atom is -0.305 e. The van der Waals surface area contributed by atoms with Gasteiger partial charge in [0.25, 0.3) is 0 Å². The fraction of sp³-hybridized carbons (Fsp3) is 0.533. The van der Waals surface area contributed by atoms with Crippen LogP contribution >= 0.6 is 0 Å². The van der Waals surface area contributed by atoms with Crippen LogP contribution < -0.4 is 0 Å². The van der Waals surface area contributed by atoms with Gasteiger partial charge in [-0.2, -0.15) is 0 Å². The first-order valence-electron chi connectivity index (χ1n) is 6.36. The molecular formula is C15H25NO. The van der Waals surface area contributed by atoms with E-state index in [1.807, 2.05) is 53.1 Å². The lowest BCUT2D eigenvalue weighted by atomic mass is 10.0. The summed E-state index contributed by atoms with van der Waals surface area (Å²) in [4.78, 5) is 13.5. The van der Waals surface area contributed by atoms with Crippen molar-refractivity contribution in [2.75, 3.05) is 14.1 Å². The van der Waals surface area contributed by atoms with Gasteiger partial charge in [-0.3, -0.25) is 4.79 Å². The first-order chi connectivity index (χ1) is 8.13. The van der Waals surface area contributed by atoms with E-state index in [2.05, 4.69) is 11.0 Å². The van der Waals surface area contributed by atoms with E-state index in [1.165, 1.54) is 5.56 Å². The normalized spacial score (nSPS) is 9.76. The predicted molar refractivity (Wildman–Crippen MR) is 74.2 cm³/mol. The molecule has 0 bridgehead atoms. The minimum atomic E-state index is 0.307. The summed E-state index contributed by atoms with van der Waals surface area (Å²) in [5, 5.41) is 0. The molecule has 0 fully saturated rings. The summed E-state index contributed by atoms with van der Waals surface area (Å²) < 4.78 is 0. The van der Waals surface area contributed by atoms with Crippen LogP contribution in [0.15, 0.2) is 24.3 Å². The van der Waals surface area contributed by atoms with Gasteiger partial charge in [0.2, 0.25) is 0 Å². The number of ketones is 1. The second kappa shape index (κ2) is 8.94. The average molecular weight is 235 g/mol. The first kappa shape index (κ1) is 15.9. The van der Waals surface area contributed by atoms with Gasteiger partial charge >= 0.3 is 0 Å². The van der Waals surface area contributed by atoms with Crippen molar-refractivity contribution < 1.29 is 4.79 Å². The molecule has 0 atom stereocenters. The molecule has 0 saturated carbocycles. The molecule has 96 valence electrons. The summed E-state index contributed by atoms with van der Waals surface area (Å²) in [5.74, 6) is 0.307. The lowest BCUT2D eigenvalue weighted by Gasteiger charge is -2.13. The number of hydrogen-bond acceptors (Lipinski definition) is 2. The van der Waals surface area contributed by atoms with E-state index in [0.29, 0.717) is 18.6 Å². The zero-order valence-electron chi connectivity index (χ0n) is 11.8. The van der Waals surface area contributed by atoms with Gasteiger partial charge in [0.15, 0.2) is 0 Å². The molecule has 0 saturated heterocycles. The molecule has 0 amide bonds. The van der Waals surface area contributed by atoms with Crippen LogP contribution in [0.2, 0.25) is 0 Å². The summed E-state index contributed by atoms with van der Waals surface area (Å²) in [5.41, 5.74) is 2.42. The molecule has 17 heavy (non-hydrogen) atoms. The molecule has 0 unspecified atom stereocenters. The number of benzene rings is 1. The van der Waals surface area contributed by atoms with Crippen LogP contribution in [-0.4, -0.2) is 24.8 Å². The smallest absolute Gasteiger partial charge is 0.137 e. The van der Waals surface area contributed by atoms with E-state index in [0.717, 1.165) is 12.1 Å². The summed E-state index contributed by atoms with van der Waals surface area (Å²) in [6, 6.07) is 8.17. The van der Waals surface area contributed by atoms with Gasteiger partial charge in [0.05, 0.1) is 0 Å². The predicted octanol–water partition coefficient (Wildman–Crippen LogP) is 3.30. The fourth-order valence-corrected chi connectivity index (χ4v) is 1.56. The molecule has 2 heteroatoms. The van der Waals surface area contributed by atoms with E-state index < -0.39 is 0 Å². The molecule has 1 aromatic rings. The topological polar surface area (TPSA) is 20.3 Å². The van der Waals surface area contributed by atoms with Crippen molar-refractivity contribution in [1.29, 1.82) is 0 Å². The van der Waals surface area contributed by atoms with E-state index in [1.54, 1.807) is 0 Å². The second-order valence-corrected chi connectivity index (χ2v) is 4.08. The third-order valence-electron chi connectivity index (χ3n) is 2.39. The van der Waals surface area contributed by atoms with Gasteiger partial charge in [-0.25, -0.2) is 0 Å². The average Bonchev–Trinajstić information content (AvgIpc) is 2.33. The third kappa shape index (κ3) is 6.22. The molecule has 0 aliphatic heterocycles. The van der Waals surface area contributed by atoms with Crippen molar-refractivity contribution in [2.24, 2.45) is 0 Å². The quantitative estimate of drug-likeness (QED) is 0.780. The van der Waals surface area contributed by atoms with Gasteiger partial charge in [0.1, 0.15) is 5.78 Å². The van der Waals surface area contributed by atoms with Crippen LogP contribution in [0.3, 0.4) is 0 Å². The van der Waals surface area contributed by atoms with Crippen LogP contribution in [0.1, 0.15) is 38.3 Å². The number of nitrogens with zero attached hydrogens (tertiary/aromatic N) is 1. The van der Waals surface area contributed by atoms with Gasteiger partial charge < -0.3 is 4.90 Å². The van der Waals surface area contributed by atoms with Crippen LogP contribution in [-0.2, 0) is 17.8 Å². The van der Waals surface area contributed by atoms with Gasteiger partial charge in [-0.05, 0) is 25.2 Å². The van der Waals surface area contributed by atoms with Crippen molar-refractivity contribution in [3.8, 4) is 0 Å². The molecule has 0 radical (unpaired) electrons. The number of rotatable bonds is 5. The molecule has 0 N–H and O–H groups in total. The fourth-order valence-electron chi connectivity index (χ4n) is 1.56. The number of carbonyl (C=O) groups is 1. The highest BCUT2D eigenvalue weighted by molar-refractivity contribution is 5.80. The third-order valence-corrected chi connectivity index (χ3v) is 2.39. The highest BCUT2D eigenvalue weighted by atomic mass is 16.1. The largest absolute Gasteiger partial charge is 0.305 e. The number of hydrogen-bond donors (Lipinski definition) is 0. The van der Waals surface area contributed by atoms with Crippen molar-refractivity contribution in [3.05, 3.63) is 35.4 Å². The number of Topliss-reactive ketones (excluding diaryl/α,β-unsaturated/α-hetero) is 1. The first-order valence-corrected chi connectivity index (χ1v) is 6.36. The highest BCUT2D eigenvalue weighted by Gasteiger charge is 2.06. The lowest BCUT2D eigenvalue weighted by molar-refractivity contribution is -0.118. The van der Waals surface area contributed by atoms with E-state index in [9.17, 15) is 4.79 Å². The Balaban J connectivity index is 0.00000121. The highest BCUT2D eigenvalue weighted by Crippen LogP contribution is 2.12. The van der Waals surface area contributed by atoms with Gasteiger partial charge in [-0.1, -0.05) is 45.0 Å². The second-order valence-electron chi connectivity index (χ2n) is 4.08. The van der Waals surface area contributed by atoms with Crippen molar-refractivity contribution in [3.63, 3.8) is 0 Å². The molecule has 0 aromatic heterocycles. The molecule has 0 aliphatic rings. The maximum absolute atomic E-state index is 11.4. The molecule has 0 spiro atoms. The molecule has 1 aromatic carbocycles. The van der Waals surface area contributed by atoms with Gasteiger partial charge in [0, 0.05) is 19.4 Å². The van der Waals surface area contributed by atoms with E-state index in [4.69, 9.17) is 0 Å². The van der Waals surface area contributed by atoms with Crippen molar-refractivity contribution in [1.82, 2.24) is 4.90 Å². The Morgan fingerprint density at radius 3 is 2.12 bits per heavy atom. The summed E-state index contributed by atoms with van der Waals surface area (Å²) in [7, 11) is 4.08. The Labute approximate surface area is 106 Å². The van der Waals surface area contributed by atoms with Crippen LogP contribution in [0.25, 0.3) is 0 Å². The van der Waals surface area contributed by atoms with Crippen LogP contribution in [0, 0.1) is 0 Å². The Morgan fingerprint density at radius 1 is 1.12 bits per heavy atom. The van der Waals surface area contributed by atoms with Crippen LogP contribution in [0.4, 0.5) is 0 Å². The number of carbonyl (C=O) groups excluding carboxylic acids is 1. The summed E-state index contributed by atoms with van der Waals surface area (Å²) >= 11 is 0. The Bertz CT molecular complexity index is 331. The maximum atomic E-state index is 11.4. The van der Waals surface area contributed by atoms with E-state index in [-0.39, 0.29) is 0 Å². The zero-order valence-corrected chi connectivity index (χ0v) is 11.8. The van der Waals surface area contributed by atoms with Crippen molar-refractivity contribution >= 4 is 5.78 Å². The van der Waals surface area contributed by atoms with Crippen LogP contribution in [0.5, 0.6) is 0 Å². The Hall–Kier alpha value is -1.15. The summed E-state index contributed by atoms with van der Waals surface area (Å²) in [6.45, 7) is 6.81. The minimum absolute atomic E-state index is 0.307. The van der Waals surface area contributed by atoms with Gasteiger partial charge in [-0.15, -0.1) is 0 Å². The molecule has 0 aliphatic carbocycles. The Kier molecular flexibility index (Phi) is 8.34. The molecular weight excluding hydrogens is 210 g/mol. The molecule has 1 rings (SSSR count). The SMILES string of the molecule is CC.CCC(=O)Cc1ccccc1CN(C)C.